The maximum absolute atomic E-state index is 12.4. The number of esters is 1. The van der Waals surface area contributed by atoms with Gasteiger partial charge in [-0.25, -0.2) is 4.79 Å². The first-order valence-electron chi connectivity index (χ1n) is 15.9. The number of nitrogen functional groups attached to an aromatic ring is 2. The van der Waals surface area contributed by atoms with Crippen molar-refractivity contribution >= 4 is 17.3 Å². The molecule has 4 saturated carbocycles. The molecule has 0 saturated heterocycles. The quantitative estimate of drug-likeness (QED) is 0.265. The maximum Gasteiger partial charge on any atom is 0.338 e. The van der Waals surface area contributed by atoms with Gasteiger partial charge < -0.3 is 16.2 Å². The molecule has 38 heavy (non-hydrogen) atoms. The number of fused-ring (bicyclic) bond motifs is 5. The lowest BCUT2D eigenvalue weighted by molar-refractivity contribution is -0.114. The molecule has 4 nitrogen and oxygen atoms in total. The van der Waals surface area contributed by atoms with Crippen LogP contribution in [0.5, 0.6) is 0 Å². The summed E-state index contributed by atoms with van der Waals surface area (Å²) in [7, 11) is 0. The van der Waals surface area contributed by atoms with Gasteiger partial charge in [0.1, 0.15) is 0 Å². The van der Waals surface area contributed by atoms with Crippen LogP contribution in [-0.2, 0) is 4.74 Å². The Hall–Kier alpha value is -1.71. The van der Waals surface area contributed by atoms with Gasteiger partial charge in [-0.3, -0.25) is 0 Å². The predicted octanol–water partition coefficient (Wildman–Crippen LogP) is 8.50. The fraction of sp³-hybridized carbons (Fsp3) is 0.794. The van der Waals surface area contributed by atoms with Crippen molar-refractivity contribution in [2.45, 2.75) is 111 Å². The van der Waals surface area contributed by atoms with Crippen molar-refractivity contribution in [2.24, 2.45) is 52.3 Å². The van der Waals surface area contributed by atoms with E-state index >= 15 is 0 Å². The third-order valence-electron chi connectivity index (χ3n) is 12.4. The molecule has 2 unspecified atom stereocenters. The first-order chi connectivity index (χ1) is 18.1. The highest BCUT2D eigenvalue weighted by molar-refractivity contribution is 5.91. The molecule has 0 aromatic heterocycles. The highest BCUT2D eigenvalue weighted by atomic mass is 16.5. The third-order valence-corrected chi connectivity index (χ3v) is 12.4. The molecule has 4 N–H and O–H groups in total. The smallest absolute Gasteiger partial charge is 0.338 e. The van der Waals surface area contributed by atoms with Gasteiger partial charge in [-0.2, -0.15) is 0 Å². The summed E-state index contributed by atoms with van der Waals surface area (Å²) in [5.41, 5.74) is 14.3. The number of anilines is 2. The normalized spacial score (nSPS) is 37.9. The van der Waals surface area contributed by atoms with Gasteiger partial charge in [-0.15, -0.1) is 0 Å². The lowest BCUT2D eigenvalue weighted by atomic mass is 9.44. The molecule has 5 rings (SSSR count). The molecule has 4 aliphatic carbocycles. The highest BCUT2D eigenvalue weighted by Crippen LogP contribution is 2.68. The van der Waals surface area contributed by atoms with Crippen molar-refractivity contribution in [3.05, 3.63) is 23.8 Å². The molecule has 4 aliphatic rings. The second-order valence-corrected chi connectivity index (χ2v) is 14.6. The van der Waals surface area contributed by atoms with Crippen molar-refractivity contribution in [1.29, 1.82) is 0 Å². The topological polar surface area (TPSA) is 78.3 Å². The molecule has 0 aliphatic heterocycles. The summed E-state index contributed by atoms with van der Waals surface area (Å²) in [6.07, 6.45) is 18.5. The molecule has 0 radical (unpaired) electrons. The van der Waals surface area contributed by atoms with Crippen LogP contribution in [0.1, 0.15) is 122 Å². The Bertz CT molecular complexity index is 972. The van der Waals surface area contributed by atoms with Gasteiger partial charge in [0.2, 0.25) is 0 Å². The Balaban J connectivity index is 1.10. The molecule has 0 heterocycles. The van der Waals surface area contributed by atoms with E-state index in [1.807, 2.05) is 0 Å². The van der Waals surface area contributed by atoms with Crippen LogP contribution in [-0.4, -0.2) is 12.6 Å². The van der Waals surface area contributed by atoms with E-state index in [1.54, 1.807) is 18.2 Å². The SMILES string of the molecule is CC(CCC[C@@H](C)[C@H]1CC[C@H]2[C@@H]3CCC4CCCC[C@]4(C)[C@H]3CC[C@]12C)COC(=O)c1cc(N)cc(N)c1. The third kappa shape index (κ3) is 5.22. The average Bonchev–Trinajstić information content (AvgIpc) is 3.23. The Kier molecular flexibility index (Phi) is 8.09. The van der Waals surface area contributed by atoms with Crippen LogP contribution in [0.2, 0.25) is 0 Å². The average molecular weight is 523 g/mol. The van der Waals surface area contributed by atoms with Crippen LogP contribution in [0.25, 0.3) is 0 Å². The minimum absolute atomic E-state index is 0.333. The molecule has 9 atom stereocenters. The minimum Gasteiger partial charge on any atom is -0.462 e. The molecule has 0 spiro atoms. The second-order valence-electron chi connectivity index (χ2n) is 14.6. The molecule has 0 bridgehead atoms. The van der Waals surface area contributed by atoms with Gasteiger partial charge in [0.25, 0.3) is 0 Å². The fourth-order valence-corrected chi connectivity index (χ4v) is 10.4. The Morgan fingerprint density at radius 3 is 2.39 bits per heavy atom. The van der Waals surface area contributed by atoms with Gasteiger partial charge in [0, 0.05) is 11.4 Å². The van der Waals surface area contributed by atoms with Gasteiger partial charge in [0.05, 0.1) is 12.2 Å². The van der Waals surface area contributed by atoms with E-state index in [0.717, 1.165) is 41.9 Å². The van der Waals surface area contributed by atoms with Gasteiger partial charge in [-0.1, -0.05) is 53.4 Å². The minimum atomic E-state index is -0.333. The summed E-state index contributed by atoms with van der Waals surface area (Å²) in [5, 5.41) is 0. The van der Waals surface area contributed by atoms with Crippen molar-refractivity contribution in [3.8, 4) is 0 Å². The lowest BCUT2D eigenvalue weighted by Crippen LogP contribution is -2.53. The fourth-order valence-electron chi connectivity index (χ4n) is 10.4. The molecule has 0 amide bonds. The summed E-state index contributed by atoms with van der Waals surface area (Å²) < 4.78 is 5.59. The Morgan fingerprint density at radius 1 is 0.895 bits per heavy atom. The highest BCUT2D eigenvalue weighted by Gasteiger charge is 2.60. The first-order valence-corrected chi connectivity index (χ1v) is 15.9. The number of nitrogens with two attached hydrogens (primary N) is 2. The molecule has 4 heteroatoms. The Morgan fingerprint density at radius 2 is 1.63 bits per heavy atom. The number of hydrogen-bond donors (Lipinski definition) is 2. The van der Waals surface area contributed by atoms with Crippen molar-refractivity contribution in [1.82, 2.24) is 0 Å². The van der Waals surface area contributed by atoms with E-state index in [2.05, 4.69) is 27.7 Å². The number of rotatable bonds is 8. The number of ether oxygens (including phenoxy) is 1. The zero-order valence-corrected chi connectivity index (χ0v) is 24.6. The largest absolute Gasteiger partial charge is 0.462 e. The molecular weight excluding hydrogens is 468 g/mol. The van der Waals surface area contributed by atoms with E-state index in [1.165, 1.54) is 77.0 Å². The number of carbonyl (C=O) groups is 1. The van der Waals surface area contributed by atoms with Crippen LogP contribution in [0, 0.1) is 52.3 Å². The lowest BCUT2D eigenvalue weighted by Gasteiger charge is -2.61. The molecule has 1 aromatic carbocycles. The molecule has 212 valence electrons. The van der Waals surface area contributed by atoms with Crippen LogP contribution >= 0.6 is 0 Å². The van der Waals surface area contributed by atoms with Gasteiger partial charge in [0.15, 0.2) is 0 Å². The van der Waals surface area contributed by atoms with Crippen molar-refractivity contribution in [3.63, 3.8) is 0 Å². The second kappa shape index (κ2) is 11.0. The van der Waals surface area contributed by atoms with E-state index in [0.29, 0.717) is 40.3 Å². The zero-order valence-electron chi connectivity index (χ0n) is 24.6. The van der Waals surface area contributed by atoms with E-state index in [4.69, 9.17) is 16.2 Å². The standard InChI is InChI=1S/C34H54N2O2/c1-22(21-38-32(37)24-18-26(35)20-27(36)19-24)8-7-9-23(2)29-13-14-30-28-12-11-25-10-5-6-16-33(25,3)31(28)15-17-34(29,30)4/h18-20,22-23,25,28-31H,5-17,21,35-36H2,1-4H3/t22?,23-,25?,28+,29-,30+,31+,33+,34-/m1/s1. The van der Waals surface area contributed by atoms with E-state index < -0.39 is 0 Å². The summed E-state index contributed by atoms with van der Waals surface area (Å²) in [4.78, 5) is 12.4. The van der Waals surface area contributed by atoms with E-state index in [-0.39, 0.29) is 5.97 Å². The summed E-state index contributed by atoms with van der Waals surface area (Å²) in [6.45, 7) is 10.6. The Labute approximate surface area is 232 Å². The van der Waals surface area contributed by atoms with Crippen LogP contribution in [0.4, 0.5) is 11.4 Å². The zero-order chi connectivity index (χ0) is 27.1. The van der Waals surface area contributed by atoms with Gasteiger partial charge >= 0.3 is 5.97 Å². The summed E-state index contributed by atoms with van der Waals surface area (Å²) in [5.74, 6) is 5.67. The summed E-state index contributed by atoms with van der Waals surface area (Å²) >= 11 is 0. The molecule has 4 fully saturated rings. The van der Waals surface area contributed by atoms with Crippen LogP contribution < -0.4 is 11.5 Å². The number of hydrogen-bond acceptors (Lipinski definition) is 4. The number of carbonyl (C=O) groups excluding carboxylic acids is 1. The predicted molar refractivity (Wildman–Crippen MR) is 158 cm³/mol. The van der Waals surface area contributed by atoms with Crippen molar-refractivity contribution in [2.75, 3.05) is 18.1 Å². The van der Waals surface area contributed by atoms with Crippen molar-refractivity contribution < 1.29 is 9.53 Å². The molecule has 1 aromatic rings. The van der Waals surface area contributed by atoms with Crippen LogP contribution in [0.3, 0.4) is 0 Å². The van der Waals surface area contributed by atoms with Gasteiger partial charge in [-0.05, 0) is 128 Å². The monoisotopic (exact) mass is 522 g/mol. The van der Waals surface area contributed by atoms with Crippen LogP contribution in [0.15, 0.2) is 18.2 Å². The molecular formula is C34H54N2O2. The first kappa shape index (κ1) is 27.8. The summed E-state index contributed by atoms with van der Waals surface area (Å²) in [6, 6.07) is 4.92. The number of benzene rings is 1. The van der Waals surface area contributed by atoms with E-state index in [9.17, 15) is 4.79 Å². The maximum atomic E-state index is 12.4.